The molecular weight excluding hydrogens is 296 g/mol. The van der Waals surface area contributed by atoms with Gasteiger partial charge in [0.05, 0.1) is 8.66 Å². The van der Waals surface area contributed by atoms with Crippen LogP contribution in [0.3, 0.4) is 0 Å². The minimum absolute atomic E-state index is 0.278. The summed E-state index contributed by atoms with van der Waals surface area (Å²) in [5, 5.41) is 0. The molecule has 0 aliphatic rings. The van der Waals surface area contributed by atoms with Crippen molar-refractivity contribution in [1.82, 2.24) is 0 Å². The summed E-state index contributed by atoms with van der Waals surface area (Å²) in [7, 11) is 0. The van der Waals surface area contributed by atoms with E-state index in [1.54, 1.807) is 11.3 Å². The Kier molecular flexibility index (Phi) is 4.96. The molecule has 0 aromatic carbocycles. The van der Waals surface area contributed by atoms with Gasteiger partial charge in [0.25, 0.3) is 0 Å². The van der Waals surface area contributed by atoms with Crippen LogP contribution in [0.5, 0.6) is 0 Å². The molecule has 1 nitrogen and oxygen atoms in total. The van der Waals surface area contributed by atoms with Gasteiger partial charge in [-0.05, 0) is 52.2 Å². The van der Waals surface area contributed by atoms with E-state index in [0.717, 1.165) is 20.6 Å². The summed E-state index contributed by atoms with van der Waals surface area (Å²) in [6.07, 6.45) is 1.74. The first-order valence-corrected chi connectivity index (χ1v) is 7.59. The molecule has 0 saturated heterocycles. The zero-order valence-corrected chi connectivity index (χ0v) is 13.7. The van der Waals surface area contributed by atoms with Gasteiger partial charge in [-0.1, -0.05) is 27.7 Å². The normalized spacial score (nSPS) is 13.8. The fourth-order valence-corrected chi connectivity index (χ4v) is 3.62. The number of carbonyl (C=O) groups excluding carboxylic acids is 1. The second-order valence-electron chi connectivity index (χ2n) is 6.06. The lowest BCUT2D eigenvalue weighted by Gasteiger charge is -2.22. The van der Waals surface area contributed by atoms with Crippen molar-refractivity contribution >= 4 is 33.0 Å². The van der Waals surface area contributed by atoms with Gasteiger partial charge in [-0.2, -0.15) is 0 Å². The van der Waals surface area contributed by atoms with Crippen LogP contribution in [0.1, 0.15) is 55.8 Å². The summed E-state index contributed by atoms with van der Waals surface area (Å²) >= 11 is 5.02. The molecular formula is C14H21BrOS. The second kappa shape index (κ2) is 5.66. The van der Waals surface area contributed by atoms with Crippen LogP contribution in [0, 0.1) is 18.3 Å². The SMILES string of the molecule is Cc1cc(C(=O)CC(C)CC(C)(C)C)sc1Br. The maximum atomic E-state index is 12.1. The molecule has 3 heteroatoms. The molecule has 1 atom stereocenters. The molecule has 1 rings (SSSR count). The molecule has 0 N–H and O–H groups in total. The van der Waals surface area contributed by atoms with Crippen LogP contribution in [0.2, 0.25) is 0 Å². The van der Waals surface area contributed by atoms with Crippen molar-refractivity contribution in [3.8, 4) is 0 Å². The number of ketones is 1. The third-order valence-corrected chi connectivity index (χ3v) is 4.80. The minimum Gasteiger partial charge on any atom is -0.293 e. The van der Waals surface area contributed by atoms with Crippen LogP contribution < -0.4 is 0 Å². The quantitative estimate of drug-likeness (QED) is 0.674. The first kappa shape index (κ1) is 14.9. The van der Waals surface area contributed by atoms with Crippen LogP contribution >= 0.6 is 27.3 Å². The van der Waals surface area contributed by atoms with E-state index < -0.39 is 0 Å². The van der Waals surface area contributed by atoms with Crippen molar-refractivity contribution < 1.29 is 4.79 Å². The van der Waals surface area contributed by atoms with Gasteiger partial charge in [-0.25, -0.2) is 0 Å². The molecule has 1 aromatic heterocycles. The molecule has 0 aliphatic carbocycles. The summed E-state index contributed by atoms with van der Waals surface area (Å²) in [5.41, 5.74) is 1.45. The predicted octanol–water partition coefficient (Wildman–Crippen LogP) is 5.46. The summed E-state index contributed by atoms with van der Waals surface area (Å²) in [4.78, 5) is 13.0. The Morgan fingerprint density at radius 1 is 1.47 bits per heavy atom. The summed E-state index contributed by atoms with van der Waals surface area (Å²) < 4.78 is 1.07. The van der Waals surface area contributed by atoms with Crippen LogP contribution in [0.4, 0.5) is 0 Å². The summed E-state index contributed by atoms with van der Waals surface area (Å²) in [5.74, 6) is 0.726. The zero-order valence-electron chi connectivity index (χ0n) is 11.3. The van der Waals surface area contributed by atoms with Crippen LogP contribution in [0.25, 0.3) is 0 Å². The number of hydrogen-bond acceptors (Lipinski definition) is 2. The van der Waals surface area contributed by atoms with Crippen molar-refractivity contribution in [2.75, 3.05) is 0 Å². The Bertz CT molecular complexity index is 381. The van der Waals surface area contributed by atoms with Gasteiger partial charge in [0.1, 0.15) is 0 Å². The van der Waals surface area contributed by atoms with Crippen molar-refractivity contribution in [2.45, 2.75) is 47.5 Å². The van der Waals surface area contributed by atoms with E-state index in [1.165, 1.54) is 0 Å². The van der Waals surface area contributed by atoms with E-state index in [9.17, 15) is 4.79 Å². The van der Waals surface area contributed by atoms with Crippen molar-refractivity contribution in [3.63, 3.8) is 0 Å². The molecule has 0 saturated carbocycles. The molecule has 0 bridgehead atoms. The maximum absolute atomic E-state index is 12.1. The largest absolute Gasteiger partial charge is 0.293 e. The van der Waals surface area contributed by atoms with E-state index in [-0.39, 0.29) is 5.78 Å². The smallest absolute Gasteiger partial charge is 0.173 e. The summed E-state index contributed by atoms with van der Waals surface area (Å²) in [6, 6.07) is 1.99. The highest BCUT2D eigenvalue weighted by Gasteiger charge is 2.19. The Labute approximate surface area is 117 Å². The predicted molar refractivity (Wildman–Crippen MR) is 78.9 cm³/mol. The van der Waals surface area contributed by atoms with E-state index in [1.807, 2.05) is 13.0 Å². The Morgan fingerprint density at radius 3 is 2.47 bits per heavy atom. The lowest BCUT2D eigenvalue weighted by Crippen LogP contribution is -2.14. The number of Topliss-reactive ketones (excluding diaryl/α,β-unsaturated/α-hetero) is 1. The molecule has 0 aliphatic heterocycles. The zero-order chi connectivity index (χ0) is 13.2. The second-order valence-corrected chi connectivity index (χ2v) is 8.43. The standard InChI is InChI=1S/C14H21BrOS/c1-9(8-14(3,4)5)6-11(16)12-7-10(2)13(15)17-12/h7,9H,6,8H2,1-5H3. The third-order valence-electron chi connectivity index (χ3n) is 2.63. The average molecular weight is 317 g/mol. The molecule has 96 valence electrons. The number of aryl methyl sites for hydroxylation is 1. The lowest BCUT2D eigenvalue weighted by molar-refractivity contribution is 0.0958. The van der Waals surface area contributed by atoms with E-state index in [0.29, 0.717) is 17.8 Å². The Morgan fingerprint density at radius 2 is 2.06 bits per heavy atom. The molecule has 17 heavy (non-hydrogen) atoms. The fourth-order valence-electron chi connectivity index (χ4n) is 2.13. The first-order valence-electron chi connectivity index (χ1n) is 5.98. The van der Waals surface area contributed by atoms with Gasteiger partial charge in [0.15, 0.2) is 5.78 Å². The van der Waals surface area contributed by atoms with E-state index >= 15 is 0 Å². The van der Waals surface area contributed by atoms with Gasteiger partial charge in [-0.3, -0.25) is 4.79 Å². The molecule has 0 fully saturated rings. The topological polar surface area (TPSA) is 17.1 Å². The van der Waals surface area contributed by atoms with Gasteiger partial charge in [0, 0.05) is 6.42 Å². The van der Waals surface area contributed by atoms with Crippen LogP contribution in [-0.2, 0) is 0 Å². The van der Waals surface area contributed by atoms with Gasteiger partial charge < -0.3 is 0 Å². The fraction of sp³-hybridized carbons (Fsp3) is 0.643. The van der Waals surface area contributed by atoms with Gasteiger partial charge in [0.2, 0.25) is 0 Å². The maximum Gasteiger partial charge on any atom is 0.173 e. The van der Waals surface area contributed by atoms with Crippen LogP contribution in [-0.4, -0.2) is 5.78 Å². The first-order chi connectivity index (χ1) is 7.69. The Hall–Kier alpha value is -0.150. The molecule has 1 heterocycles. The number of carbonyl (C=O) groups is 1. The average Bonchev–Trinajstić information content (AvgIpc) is 2.43. The Balaban J connectivity index is 2.61. The number of halogens is 1. The molecule has 0 amide bonds. The number of hydrogen-bond donors (Lipinski definition) is 0. The highest BCUT2D eigenvalue weighted by molar-refractivity contribution is 9.11. The molecule has 1 unspecified atom stereocenters. The van der Waals surface area contributed by atoms with Gasteiger partial charge in [-0.15, -0.1) is 11.3 Å². The monoisotopic (exact) mass is 316 g/mol. The van der Waals surface area contributed by atoms with Crippen molar-refractivity contribution in [2.24, 2.45) is 11.3 Å². The third kappa shape index (κ3) is 4.92. The van der Waals surface area contributed by atoms with E-state index in [4.69, 9.17) is 0 Å². The van der Waals surface area contributed by atoms with Crippen LogP contribution in [0.15, 0.2) is 9.85 Å². The van der Waals surface area contributed by atoms with Gasteiger partial charge >= 0.3 is 0 Å². The van der Waals surface area contributed by atoms with E-state index in [2.05, 4.69) is 43.6 Å². The highest BCUT2D eigenvalue weighted by atomic mass is 79.9. The molecule has 1 aromatic rings. The summed E-state index contributed by atoms with van der Waals surface area (Å²) in [6.45, 7) is 10.9. The number of thiophene rings is 1. The minimum atomic E-state index is 0.278. The molecule has 0 radical (unpaired) electrons. The van der Waals surface area contributed by atoms with Crippen molar-refractivity contribution in [3.05, 3.63) is 20.3 Å². The lowest BCUT2D eigenvalue weighted by atomic mass is 9.83. The molecule has 0 spiro atoms. The number of rotatable bonds is 4. The highest BCUT2D eigenvalue weighted by Crippen LogP contribution is 2.31. The van der Waals surface area contributed by atoms with Crippen molar-refractivity contribution in [1.29, 1.82) is 0 Å².